The highest BCUT2D eigenvalue weighted by atomic mass is 19.4. The minimum atomic E-state index is -4.36. The maximum Gasteiger partial charge on any atom is 0.416 e. The molecule has 0 saturated carbocycles. The largest absolute Gasteiger partial charge is 0.416 e. The van der Waals surface area contributed by atoms with Gasteiger partial charge in [-0.25, -0.2) is 0 Å². The Morgan fingerprint density at radius 1 is 1.14 bits per heavy atom. The first-order chi connectivity index (χ1) is 13.3. The van der Waals surface area contributed by atoms with Crippen molar-refractivity contribution in [1.29, 1.82) is 0 Å². The molecule has 3 aromatic rings. The predicted octanol–water partition coefficient (Wildman–Crippen LogP) is 5.03. The number of hydrogen-bond donors (Lipinski definition) is 0. The summed E-state index contributed by atoms with van der Waals surface area (Å²) in [6, 6.07) is 11.3. The lowest BCUT2D eigenvalue weighted by atomic mass is 10.0. The summed E-state index contributed by atoms with van der Waals surface area (Å²) in [6.45, 7) is 6.57. The van der Waals surface area contributed by atoms with E-state index in [2.05, 4.69) is 12.6 Å². The van der Waals surface area contributed by atoms with Crippen molar-refractivity contribution < 1.29 is 18.0 Å². The van der Waals surface area contributed by atoms with Crippen LogP contribution in [0.5, 0.6) is 0 Å². The van der Waals surface area contributed by atoms with Crippen LogP contribution in [-0.2, 0) is 23.9 Å². The summed E-state index contributed by atoms with van der Waals surface area (Å²) in [4.78, 5) is 13.8. The van der Waals surface area contributed by atoms with Gasteiger partial charge in [0.25, 0.3) is 0 Å². The molecule has 6 heteroatoms. The van der Waals surface area contributed by atoms with E-state index in [0.717, 1.165) is 39.9 Å². The van der Waals surface area contributed by atoms with Crippen molar-refractivity contribution in [3.63, 3.8) is 0 Å². The van der Waals surface area contributed by atoms with E-state index in [1.165, 1.54) is 18.2 Å². The molecule has 2 aromatic carbocycles. The highest BCUT2D eigenvalue weighted by Crippen LogP contribution is 2.35. The van der Waals surface area contributed by atoms with Gasteiger partial charge in [-0.2, -0.15) is 13.2 Å². The third kappa shape index (κ3) is 2.99. The molecule has 0 aliphatic carbocycles. The zero-order valence-electron chi connectivity index (χ0n) is 15.4. The van der Waals surface area contributed by atoms with Crippen molar-refractivity contribution >= 4 is 16.8 Å². The predicted molar refractivity (Wildman–Crippen MR) is 102 cm³/mol. The minimum absolute atomic E-state index is 0.117. The van der Waals surface area contributed by atoms with Gasteiger partial charge >= 0.3 is 6.18 Å². The number of halogens is 3. The van der Waals surface area contributed by atoms with Crippen molar-refractivity contribution in [3.8, 4) is 5.69 Å². The number of aryl methyl sites for hydroxylation is 1. The molecule has 0 spiro atoms. The monoisotopic (exact) mass is 384 g/mol. The van der Waals surface area contributed by atoms with E-state index in [1.54, 1.807) is 4.90 Å². The summed E-state index contributed by atoms with van der Waals surface area (Å²) in [7, 11) is 0. The Bertz CT molecular complexity index is 1080. The Hall–Kier alpha value is -3.02. The summed E-state index contributed by atoms with van der Waals surface area (Å²) in [6.07, 6.45) is -2.42. The van der Waals surface area contributed by atoms with Crippen LogP contribution in [0.4, 0.5) is 13.2 Å². The summed E-state index contributed by atoms with van der Waals surface area (Å²) in [5, 5.41) is 1.02. The zero-order chi connectivity index (χ0) is 20.1. The molecule has 3 nitrogen and oxygen atoms in total. The molecule has 4 rings (SSSR count). The van der Waals surface area contributed by atoms with Gasteiger partial charge in [-0.05, 0) is 49.4 Å². The highest BCUT2D eigenvalue weighted by Gasteiger charge is 2.31. The lowest BCUT2D eigenvalue weighted by Crippen LogP contribution is -2.35. The molecule has 0 saturated heterocycles. The number of hydrogen-bond acceptors (Lipinski definition) is 1. The van der Waals surface area contributed by atoms with Crippen molar-refractivity contribution in [1.82, 2.24) is 9.47 Å². The molecule has 1 amide bonds. The summed E-state index contributed by atoms with van der Waals surface area (Å²) in [5.74, 6) is -0.117. The van der Waals surface area contributed by atoms with Crippen LogP contribution in [0, 0.1) is 6.92 Å². The number of carbonyl (C=O) groups excluding carboxylic acids is 1. The Kier molecular flexibility index (Phi) is 4.29. The summed E-state index contributed by atoms with van der Waals surface area (Å²) in [5.41, 5.74) is 4.12. The second-order valence-corrected chi connectivity index (χ2v) is 7.04. The molecule has 0 radical (unpaired) electrons. The van der Waals surface area contributed by atoms with E-state index in [1.807, 2.05) is 23.6 Å². The van der Waals surface area contributed by atoms with E-state index in [0.29, 0.717) is 25.2 Å². The number of alkyl halides is 3. The molecule has 1 aliphatic rings. The van der Waals surface area contributed by atoms with Crippen LogP contribution in [0.2, 0.25) is 0 Å². The van der Waals surface area contributed by atoms with E-state index >= 15 is 0 Å². The topological polar surface area (TPSA) is 25.2 Å². The average Bonchev–Trinajstić information content (AvgIpc) is 2.99. The van der Waals surface area contributed by atoms with Gasteiger partial charge in [0.1, 0.15) is 0 Å². The standard InChI is InChI=1S/C22H19F3N2O/c1-3-21(28)26-11-10-20-18(13-26)17-12-14(2)4-9-19(17)27(20)16-7-5-15(6-8-16)22(23,24)25/h3-9,12H,1,10-11,13H2,2H3. The molecular weight excluding hydrogens is 365 g/mol. The smallest absolute Gasteiger partial charge is 0.334 e. The van der Waals surface area contributed by atoms with E-state index in [4.69, 9.17) is 0 Å². The van der Waals surface area contributed by atoms with Gasteiger partial charge in [0, 0.05) is 41.8 Å². The first-order valence-corrected chi connectivity index (χ1v) is 9.01. The fraction of sp³-hybridized carbons (Fsp3) is 0.227. The van der Waals surface area contributed by atoms with Gasteiger partial charge in [-0.1, -0.05) is 18.2 Å². The molecule has 0 unspecified atom stereocenters. The number of fused-ring (bicyclic) bond motifs is 3. The van der Waals surface area contributed by atoms with E-state index in [-0.39, 0.29) is 5.91 Å². The average molecular weight is 384 g/mol. The normalized spacial score (nSPS) is 14.2. The van der Waals surface area contributed by atoms with Crippen LogP contribution in [0.3, 0.4) is 0 Å². The first kappa shape index (κ1) is 18.3. The first-order valence-electron chi connectivity index (χ1n) is 9.01. The maximum absolute atomic E-state index is 12.9. The van der Waals surface area contributed by atoms with Crippen LogP contribution in [-0.4, -0.2) is 21.9 Å². The lowest BCUT2D eigenvalue weighted by Gasteiger charge is -2.27. The lowest BCUT2D eigenvalue weighted by molar-refractivity contribution is -0.137. The molecule has 0 fully saturated rings. The number of rotatable bonds is 2. The fourth-order valence-corrected chi connectivity index (χ4v) is 3.88. The second-order valence-electron chi connectivity index (χ2n) is 7.04. The van der Waals surface area contributed by atoms with Crippen LogP contribution in [0.1, 0.15) is 22.4 Å². The highest BCUT2D eigenvalue weighted by molar-refractivity contribution is 5.91. The quantitative estimate of drug-likeness (QED) is 0.569. The van der Waals surface area contributed by atoms with Crippen LogP contribution in [0.15, 0.2) is 55.1 Å². The van der Waals surface area contributed by atoms with E-state index < -0.39 is 11.7 Å². The third-order valence-corrected chi connectivity index (χ3v) is 5.24. The van der Waals surface area contributed by atoms with Gasteiger partial charge in [0.15, 0.2) is 0 Å². The Morgan fingerprint density at radius 2 is 1.86 bits per heavy atom. The summed E-state index contributed by atoms with van der Waals surface area (Å²) >= 11 is 0. The summed E-state index contributed by atoms with van der Waals surface area (Å²) < 4.78 is 40.8. The molecular formula is C22H19F3N2O. The van der Waals surface area contributed by atoms with Crippen molar-refractivity contribution in [3.05, 3.63) is 77.5 Å². The minimum Gasteiger partial charge on any atom is -0.334 e. The zero-order valence-corrected chi connectivity index (χ0v) is 15.4. The second kappa shape index (κ2) is 6.55. The van der Waals surface area contributed by atoms with Gasteiger partial charge in [-0.15, -0.1) is 0 Å². The molecule has 144 valence electrons. The van der Waals surface area contributed by atoms with Crippen molar-refractivity contribution in [2.75, 3.05) is 6.54 Å². The SMILES string of the molecule is C=CC(=O)N1CCc2c(c3cc(C)ccc3n2-c2ccc(C(F)(F)F)cc2)C1. The third-order valence-electron chi connectivity index (χ3n) is 5.24. The fourth-order valence-electron chi connectivity index (χ4n) is 3.88. The van der Waals surface area contributed by atoms with Gasteiger partial charge in [0.2, 0.25) is 5.91 Å². The molecule has 0 atom stereocenters. The molecule has 0 N–H and O–H groups in total. The number of benzene rings is 2. The maximum atomic E-state index is 12.9. The Balaban J connectivity index is 1.88. The molecule has 2 heterocycles. The number of carbonyl (C=O) groups is 1. The van der Waals surface area contributed by atoms with Crippen LogP contribution >= 0.6 is 0 Å². The molecule has 1 aromatic heterocycles. The van der Waals surface area contributed by atoms with Crippen LogP contribution < -0.4 is 0 Å². The molecule has 28 heavy (non-hydrogen) atoms. The Morgan fingerprint density at radius 3 is 2.50 bits per heavy atom. The molecule has 0 bridgehead atoms. The Labute approximate surface area is 160 Å². The number of aromatic nitrogens is 1. The number of amides is 1. The van der Waals surface area contributed by atoms with E-state index in [9.17, 15) is 18.0 Å². The van der Waals surface area contributed by atoms with Crippen molar-refractivity contribution in [2.24, 2.45) is 0 Å². The van der Waals surface area contributed by atoms with Crippen LogP contribution in [0.25, 0.3) is 16.6 Å². The van der Waals surface area contributed by atoms with Crippen molar-refractivity contribution in [2.45, 2.75) is 26.1 Å². The molecule has 1 aliphatic heterocycles. The van der Waals surface area contributed by atoms with Gasteiger partial charge in [-0.3, -0.25) is 4.79 Å². The van der Waals surface area contributed by atoms with Gasteiger partial charge < -0.3 is 9.47 Å². The number of nitrogens with zero attached hydrogens (tertiary/aromatic N) is 2. The van der Waals surface area contributed by atoms with Gasteiger partial charge in [0.05, 0.1) is 11.1 Å².